The van der Waals surface area contributed by atoms with Crippen LogP contribution in [0.25, 0.3) is 10.9 Å². The molecule has 0 bridgehead atoms. The third-order valence-corrected chi connectivity index (χ3v) is 5.96. The van der Waals surface area contributed by atoms with E-state index < -0.39 is 17.5 Å². The van der Waals surface area contributed by atoms with Crippen molar-refractivity contribution in [2.24, 2.45) is 0 Å². The molecule has 0 aliphatic heterocycles. The first-order chi connectivity index (χ1) is 19.9. The smallest absolute Gasteiger partial charge is 0.230 e. The molecule has 13 heteroatoms. The van der Waals surface area contributed by atoms with Crippen molar-refractivity contribution < 1.29 is 28.2 Å². The molecule has 41 heavy (non-hydrogen) atoms. The number of methoxy groups -OCH3 is 1. The summed E-state index contributed by atoms with van der Waals surface area (Å²) in [6.07, 6.45) is 7.84. The maximum Gasteiger partial charge on any atom is 0.230 e. The first kappa shape index (κ1) is 29.2. The Bertz CT molecular complexity index is 1540. The van der Waals surface area contributed by atoms with E-state index in [1.165, 1.54) is 25.6 Å². The van der Waals surface area contributed by atoms with E-state index in [9.17, 15) is 13.6 Å². The summed E-state index contributed by atoms with van der Waals surface area (Å²) >= 11 is 0. The van der Waals surface area contributed by atoms with E-state index in [0.29, 0.717) is 65.7 Å². The van der Waals surface area contributed by atoms with E-state index in [2.05, 4.69) is 42.0 Å². The van der Waals surface area contributed by atoms with Gasteiger partial charge < -0.3 is 30.5 Å². The zero-order valence-corrected chi connectivity index (χ0v) is 22.2. The maximum atomic E-state index is 13.8. The molecule has 5 N–H and O–H groups in total. The Hall–Kier alpha value is -4.80. The number of aliphatic hydroxyl groups is 1. The van der Waals surface area contributed by atoms with Crippen LogP contribution in [0.2, 0.25) is 0 Å². The van der Waals surface area contributed by atoms with E-state index in [4.69, 9.17) is 21.0 Å². The molecule has 4 rings (SSSR count). The summed E-state index contributed by atoms with van der Waals surface area (Å²) in [5, 5.41) is 25.2. The van der Waals surface area contributed by atoms with Gasteiger partial charge in [0, 0.05) is 29.8 Å². The molecule has 2 aromatic heterocycles. The fourth-order valence-electron chi connectivity index (χ4n) is 3.95. The fraction of sp³-hybridized carbons (Fsp3) is 0.286. The highest BCUT2D eigenvalue weighted by molar-refractivity contribution is 5.93. The van der Waals surface area contributed by atoms with Crippen molar-refractivity contribution >= 4 is 34.1 Å². The van der Waals surface area contributed by atoms with Gasteiger partial charge in [-0.05, 0) is 37.6 Å². The minimum absolute atomic E-state index is 0.0180. The Balaban J connectivity index is 1.39. The van der Waals surface area contributed by atoms with Gasteiger partial charge in [0.1, 0.15) is 12.1 Å². The number of anilines is 3. The summed E-state index contributed by atoms with van der Waals surface area (Å²) < 4.78 is 38.7. The molecule has 4 aromatic rings. The molecule has 1 amide bonds. The van der Waals surface area contributed by atoms with Crippen LogP contribution in [-0.4, -0.2) is 64.1 Å². The molecule has 11 nitrogen and oxygen atoms in total. The number of halogens is 2. The number of ether oxygens (including phenoxy) is 2. The van der Waals surface area contributed by atoms with Gasteiger partial charge in [-0.15, -0.1) is 6.42 Å². The number of aliphatic hydroxyl groups excluding tert-OH is 1. The van der Waals surface area contributed by atoms with Crippen LogP contribution < -0.4 is 25.4 Å². The van der Waals surface area contributed by atoms with Gasteiger partial charge in [-0.25, -0.2) is 18.7 Å². The Kier molecular flexibility index (Phi) is 9.98. The molecule has 0 aliphatic rings. The van der Waals surface area contributed by atoms with E-state index in [1.807, 2.05) is 0 Å². The average molecular weight is 566 g/mol. The highest BCUT2D eigenvalue weighted by Gasteiger charge is 2.15. The summed E-state index contributed by atoms with van der Waals surface area (Å²) in [5.74, 6) is 1.68. The van der Waals surface area contributed by atoms with Crippen LogP contribution in [0.4, 0.5) is 26.1 Å². The second kappa shape index (κ2) is 14.0. The van der Waals surface area contributed by atoms with Crippen LogP contribution in [0.15, 0.2) is 42.7 Å². The first-order valence-electron chi connectivity index (χ1n) is 12.7. The van der Waals surface area contributed by atoms with Gasteiger partial charge in [-0.1, -0.05) is 12.0 Å². The lowest BCUT2D eigenvalue weighted by atomic mass is 10.2. The molecule has 2 aromatic carbocycles. The minimum atomic E-state index is -1.13. The number of rotatable bonds is 14. The number of hydrogen-bond donors (Lipinski definition) is 5. The number of H-pyrrole nitrogens is 1. The van der Waals surface area contributed by atoms with Crippen molar-refractivity contribution in [3.05, 3.63) is 60.1 Å². The third kappa shape index (κ3) is 7.65. The van der Waals surface area contributed by atoms with Crippen molar-refractivity contribution in [3.63, 3.8) is 0 Å². The summed E-state index contributed by atoms with van der Waals surface area (Å²) in [4.78, 5) is 21.0. The normalized spacial score (nSPS) is 11.6. The van der Waals surface area contributed by atoms with Gasteiger partial charge >= 0.3 is 0 Å². The maximum absolute atomic E-state index is 13.8. The van der Waals surface area contributed by atoms with Crippen molar-refractivity contribution in [1.82, 2.24) is 25.5 Å². The number of aromatic nitrogens is 4. The molecule has 0 saturated heterocycles. The van der Waals surface area contributed by atoms with E-state index in [0.717, 1.165) is 6.07 Å². The summed E-state index contributed by atoms with van der Waals surface area (Å²) in [6, 6.07) is 8.45. The Morgan fingerprint density at radius 2 is 2.07 bits per heavy atom. The number of terminal acetylenes is 1. The summed E-state index contributed by atoms with van der Waals surface area (Å²) in [5.41, 5.74) is 0.789. The van der Waals surface area contributed by atoms with Crippen molar-refractivity contribution in [3.8, 4) is 23.8 Å². The van der Waals surface area contributed by atoms with Gasteiger partial charge in [-0.2, -0.15) is 5.10 Å². The van der Waals surface area contributed by atoms with E-state index in [1.54, 1.807) is 18.2 Å². The fourth-order valence-corrected chi connectivity index (χ4v) is 3.95. The average Bonchev–Trinajstić information content (AvgIpc) is 3.40. The lowest BCUT2D eigenvalue weighted by Gasteiger charge is -2.14. The van der Waals surface area contributed by atoms with Crippen LogP contribution in [0.1, 0.15) is 18.5 Å². The van der Waals surface area contributed by atoms with Crippen LogP contribution in [0.5, 0.6) is 11.5 Å². The third-order valence-electron chi connectivity index (χ3n) is 5.96. The van der Waals surface area contributed by atoms with Crippen LogP contribution in [0.3, 0.4) is 0 Å². The Labute approximate surface area is 234 Å². The van der Waals surface area contributed by atoms with Crippen LogP contribution in [0, 0.1) is 24.0 Å². The molecule has 1 atom stereocenters. The molecular formula is C28H29F2N7O4. The van der Waals surface area contributed by atoms with Gasteiger partial charge in [0.05, 0.1) is 37.4 Å². The number of fused-ring (bicyclic) bond motifs is 1. The van der Waals surface area contributed by atoms with Crippen molar-refractivity contribution in [1.29, 1.82) is 0 Å². The molecular weight excluding hydrogens is 536 g/mol. The minimum Gasteiger partial charge on any atom is -0.493 e. The number of aromatic amines is 1. The van der Waals surface area contributed by atoms with Crippen molar-refractivity contribution in [2.75, 3.05) is 37.5 Å². The Morgan fingerprint density at radius 1 is 1.22 bits per heavy atom. The van der Waals surface area contributed by atoms with E-state index >= 15 is 0 Å². The lowest BCUT2D eigenvalue weighted by Crippen LogP contribution is -2.30. The topological polar surface area (TPSA) is 146 Å². The largest absolute Gasteiger partial charge is 0.493 e. The SMILES string of the molecule is C#CC(CCO)NCCCOc1cc2ncnc(Nc3cc(CC(=O)Nc4cccc(F)c4F)[nH]n3)c2cc1OC. The predicted molar refractivity (Wildman–Crippen MR) is 149 cm³/mol. The first-order valence-corrected chi connectivity index (χ1v) is 12.7. The molecule has 0 spiro atoms. The zero-order chi connectivity index (χ0) is 29.2. The zero-order valence-electron chi connectivity index (χ0n) is 22.2. The van der Waals surface area contributed by atoms with Gasteiger partial charge in [0.15, 0.2) is 29.0 Å². The van der Waals surface area contributed by atoms with Crippen LogP contribution >= 0.6 is 0 Å². The number of amides is 1. The predicted octanol–water partition coefficient (Wildman–Crippen LogP) is 3.31. The van der Waals surface area contributed by atoms with Crippen LogP contribution in [-0.2, 0) is 11.2 Å². The quantitative estimate of drug-likeness (QED) is 0.115. The molecule has 0 saturated carbocycles. The monoisotopic (exact) mass is 565 g/mol. The second-order valence-corrected chi connectivity index (χ2v) is 8.86. The Morgan fingerprint density at radius 3 is 2.85 bits per heavy atom. The number of hydrogen-bond acceptors (Lipinski definition) is 9. The number of carbonyl (C=O) groups is 1. The molecule has 0 aliphatic carbocycles. The molecule has 0 radical (unpaired) electrons. The standard InChI is InChI=1S/C28H29F2N7O4/c1-3-17(8-10-38)31-9-5-11-41-24-15-22-19(14-23(24)40-2)28(33-16-32-22)35-25-12-18(36-37-25)13-26(39)34-21-7-4-6-20(29)27(21)30/h1,4,6-7,12,14-17,31,38H,5,8-11,13H2,2H3,(H,34,39)(H2,32,33,35,36,37). The summed E-state index contributed by atoms with van der Waals surface area (Å²) in [7, 11) is 1.53. The van der Waals surface area contributed by atoms with Gasteiger partial charge in [0.2, 0.25) is 5.91 Å². The molecule has 2 heterocycles. The second-order valence-electron chi connectivity index (χ2n) is 8.86. The number of nitrogens with one attached hydrogen (secondary N) is 4. The van der Waals surface area contributed by atoms with E-state index in [-0.39, 0.29) is 24.8 Å². The molecule has 0 fully saturated rings. The molecule has 214 valence electrons. The van der Waals surface area contributed by atoms with Gasteiger partial charge in [-0.3, -0.25) is 9.89 Å². The number of nitrogens with zero attached hydrogens (tertiary/aromatic N) is 3. The number of benzene rings is 2. The highest BCUT2D eigenvalue weighted by atomic mass is 19.2. The highest BCUT2D eigenvalue weighted by Crippen LogP contribution is 2.34. The summed E-state index contributed by atoms with van der Waals surface area (Å²) in [6.45, 7) is 1.04. The lowest BCUT2D eigenvalue weighted by molar-refractivity contribution is -0.115. The van der Waals surface area contributed by atoms with Gasteiger partial charge in [0.25, 0.3) is 0 Å². The molecule has 1 unspecified atom stereocenters. The number of carbonyl (C=O) groups excluding carboxylic acids is 1. The van der Waals surface area contributed by atoms with Crippen molar-refractivity contribution in [2.45, 2.75) is 25.3 Å².